The normalized spacial score (nSPS) is 9.88. The van der Waals surface area contributed by atoms with Gasteiger partial charge in [-0.15, -0.1) is 0 Å². The van der Waals surface area contributed by atoms with E-state index >= 15 is 0 Å². The van der Waals surface area contributed by atoms with Crippen LogP contribution in [0.3, 0.4) is 0 Å². The fourth-order valence-corrected chi connectivity index (χ4v) is 1.32. The highest BCUT2D eigenvalue weighted by molar-refractivity contribution is 5.93. The first-order chi connectivity index (χ1) is 8.01. The van der Waals surface area contributed by atoms with Gasteiger partial charge in [0.25, 0.3) is 0 Å². The van der Waals surface area contributed by atoms with Crippen LogP contribution in [0.25, 0.3) is 0 Å². The SMILES string of the molecule is COC(=O)c1ccc(C#N)c(C)c1OC(F)F. The Bertz CT molecular complexity index is 480. The summed E-state index contributed by atoms with van der Waals surface area (Å²) in [6.07, 6.45) is 0. The molecule has 0 saturated heterocycles. The summed E-state index contributed by atoms with van der Waals surface area (Å²) in [5, 5.41) is 8.75. The Kier molecular flexibility index (Phi) is 3.99. The molecule has 4 nitrogen and oxygen atoms in total. The van der Waals surface area contributed by atoms with Gasteiger partial charge in [0.2, 0.25) is 0 Å². The van der Waals surface area contributed by atoms with E-state index in [0.717, 1.165) is 7.11 Å². The fourth-order valence-electron chi connectivity index (χ4n) is 1.32. The third-order valence-corrected chi connectivity index (χ3v) is 2.14. The van der Waals surface area contributed by atoms with Crippen molar-refractivity contribution in [3.05, 3.63) is 28.8 Å². The van der Waals surface area contributed by atoms with Crippen molar-refractivity contribution in [3.63, 3.8) is 0 Å². The molecule has 6 heteroatoms. The zero-order chi connectivity index (χ0) is 13.0. The Hall–Kier alpha value is -2.16. The second-order valence-electron chi connectivity index (χ2n) is 3.10. The molecule has 0 amide bonds. The van der Waals surface area contributed by atoms with Crippen molar-refractivity contribution in [1.29, 1.82) is 5.26 Å². The van der Waals surface area contributed by atoms with Crippen molar-refractivity contribution in [2.45, 2.75) is 13.5 Å². The number of carbonyl (C=O) groups excluding carboxylic acids is 1. The largest absolute Gasteiger partial charge is 0.465 e. The van der Waals surface area contributed by atoms with E-state index in [0.29, 0.717) is 0 Å². The van der Waals surface area contributed by atoms with Gasteiger partial charge < -0.3 is 9.47 Å². The number of halogens is 2. The molecule has 0 N–H and O–H groups in total. The van der Waals surface area contributed by atoms with Crippen molar-refractivity contribution >= 4 is 5.97 Å². The topological polar surface area (TPSA) is 59.3 Å². The van der Waals surface area contributed by atoms with Gasteiger partial charge in [-0.05, 0) is 19.1 Å². The minimum absolute atomic E-state index is 0.135. The van der Waals surface area contributed by atoms with E-state index in [-0.39, 0.29) is 22.4 Å². The van der Waals surface area contributed by atoms with E-state index in [1.807, 2.05) is 6.07 Å². The molecule has 0 heterocycles. The number of methoxy groups -OCH3 is 1. The minimum Gasteiger partial charge on any atom is -0.465 e. The number of ether oxygens (including phenoxy) is 2. The Balaban J connectivity index is 3.36. The Labute approximate surface area is 96.4 Å². The highest BCUT2D eigenvalue weighted by Gasteiger charge is 2.20. The van der Waals surface area contributed by atoms with Gasteiger partial charge in [-0.25, -0.2) is 4.79 Å². The molecule has 0 fully saturated rings. The quantitative estimate of drug-likeness (QED) is 0.761. The summed E-state index contributed by atoms with van der Waals surface area (Å²) in [6.45, 7) is -1.66. The highest BCUT2D eigenvalue weighted by Crippen LogP contribution is 2.28. The predicted octanol–water partition coefficient (Wildman–Crippen LogP) is 2.25. The molecular formula is C11H9F2NO3. The molecule has 1 rings (SSSR count). The van der Waals surface area contributed by atoms with Crippen LogP contribution in [0.15, 0.2) is 12.1 Å². The van der Waals surface area contributed by atoms with E-state index in [9.17, 15) is 13.6 Å². The van der Waals surface area contributed by atoms with E-state index < -0.39 is 12.6 Å². The van der Waals surface area contributed by atoms with E-state index in [2.05, 4.69) is 9.47 Å². The number of hydrogen-bond acceptors (Lipinski definition) is 4. The van der Waals surface area contributed by atoms with Crippen LogP contribution in [-0.2, 0) is 4.74 Å². The predicted molar refractivity (Wildman–Crippen MR) is 53.9 cm³/mol. The molecule has 0 atom stereocenters. The number of carbonyl (C=O) groups is 1. The summed E-state index contributed by atoms with van der Waals surface area (Å²) in [5.74, 6) is -1.13. The molecule has 0 saturated carbocycles. The van der Waals surface area contributed by atoms with Gasteiger partial charge in [-0.2, -0.15) is 14.0 Å². The number of hydrogen-bond donors (Lipinski definition) is 0. The lowest BCUT2D eigenvalue weighted by Gasteiger charge is -2.12. The monoisotopic (exact) mass is 241 g/mol. The number of rotatable bonds is 3. The van der Waals surface area contributed by atoms with Crippen molar-refractivity contribution < 1.29 is 23.0 Å². The molecule has 0 aliphatic rings. The Morgan fingerprint density at radius 2 is 2.12 bits per heavy atom. The van der Waals surface area contributed by atoms with Crippen LogP contribution in [0.1, 0.15) is 21.5 Å². The minimum atomic E-state index is -3.08. The molecule has 0 aliphatic heterocycles. The second kappa shape index (κ2) is 5.25. The maximum atomic E-state index is 12.2. The molecule has 0 spiro atoms. The first-order valence-electron chi connectivity index (χ1n) is 4.58. The molecule has 1 aromatic rings. The molecular weight excluding hydrogens is 232 g/mol. The van der Waals surface area contributed by atoms with Crippen molar-refractivity contribution in [3.8, 4) is 11.8 Å². The van der Waals surface area contributed by atoms with Crippen LogP contribution in [0.4, 0.5) is 8.78 Å². The number of nitriles is 1. The van der Waals surface area contributed by atoms with Crippen LogP contribution in [0.5, 0.6) is 5.75 Å². The van der Waals surface area contributed by atoms with E-state index in [4.69, 9.17) is 5.26 Å². The lowest BCUT2D eigenvalue weighted by molar-refractivity contribution is -0.0508. The second-order valence-corrected chi connectivity index (χ2v) is 3.10. The molecule has 0 aromatic heterocycles. The molecule has 90 valence electrons. The maximum Gasteiger partial charge on any atom is 0.387 e. The fraction of sp³-hybridized carbons (Fsp3) is 0.273. The van der Waals surface area contributed by atoms with Gasteiger partial charge in [-0.3, -0.25) is 0 Å². The molecule has 0 aliphatic carbocycles. The molecule has 1 aromatic carbocycles. The summed E-state index contributed by atoms with van der Waals surface area (Å²) in [5.41, 5.74) is 0.202. The van der Waals surface area contributed by atoms with Crippen molar-refractivity contribution in [2.75, 3.05) is 7.11 Å². The summed E-state index contributed by atoms with van der Waals surface area (Å²) in [7, 11) is 1.13. The highest BCUT2D eigenvalue weighted by atomic mass is 19.3. The maximum absolute atomic E-state index is 12.2. The van der Waals surface area contributed by atoms with Crippen molar-refractivity contribution in [1.82, 2.24) is 0 Å². The summed E-state index contributed by atoms with van der Waals surface area (Å²) in [6, 6.07) is 4.38. The van der Waals surface area contributed by atoms with Gasteiger partial charge in [0.05, 0.1) is 18.7 Å². The summed E-state index contributed by atoms with van der Waals surface area (Å²) in [4.78, 5) is 11.3. The number of nitrogens with zero attached hydrogens (tertiary/aromatic N) is 1. The third kappa shape index (κ3) is 2.69. The molecule has 0 unspecified atom stereocenters. The molecule has 0 radical (unpaired) electrons. The van der Waals surface area contributed by atoms with Gasteiger partial charge in [0.1, 0.15) is 11.3 Å². The lowest BCUT2D eigenvalue weighted by atomic mass is 10.0. The van der Waals surface area contributed by atoms with Crippen LogP contribution >= 0.6 is 0 Å². The van der Waals surface area contributed by atoms with Crippen LogP contribution < -0.4 is 4.74 Å². The van der Waals surface area contributed by atoms with Crippen LogP contribution in [-0.4, -0.2) is 19.7 Å². The molecule has 0 bridgehead atoms. The van der Waals surface area contributed by atoms with Gasteiger partial charge >= 0.3 is 12.6 Å². The average Bonchev–Trinajstić information content (AvgIpc) is 2.30. The third-order valence-electron chi connectivity index (χ3n) is 2.14. The van der Waals surface area contributed by atoms with E-state index in [1.54, 1.807) is 0 Å². The molecule has 17 heavy (non-hydrogen) atoms. The Morgan fingerprint density at radius 1 is 1.47 bits per heavy atom. The van der Waals surface area contributed by atoms with E-state index in [1.165, 1.54) is 19.1 Å². The average molecular weight is 241 g/mol. The first kappa shape index (κ1) is 12.9. The van der Waals surface area contributed by atoms with Crippen LogP contribution in [0, 0.1) is 18.3 Å². The zero-order valence-electron chi connectivity index (χ0n) is 9.16. The van der Waals surface area contributed by atoms with Gasteiger partial charge in [0.15, 0.2) is 0 Å². The number of benzene rings is 1. The zero-order valence-corrected chi connectivity index (χ0v) is 9.16. The standard InChI is InChI=1S/C11H9F2NO3/c1-6-7(5-14)3-4-8(10(15)16-2)9(6)17-11(12)13/h3-4,11H,1-2H3. The van der Waals surface area contributed by atoms with Gasteiger partial charge in [-0.1, -0.05) is 0 Å². The smallest absolute Gasteiger partial charge is 0.387 e. The van der Waals surface area contributed by atoms with Gasteiger partial charge in [0, 0.05) is 5.56 Å². The lowest BCUT2D eigenvalue weighted by Crippen LogP contribution is -2.11. The van der Waals surface area contributed by atoms with Crippen LogP contribution in [0.2, 0.25) is 0 Å². The number of esters is 1. The summed E-state index contributed by atoms with van der Waals surface area (Å²) < 4.78 is 33.1. The van der Waals surface area contributed by atoms with Crippen molar-refractivity contribution in [2.24, 2.45) is 0 Å². The summed E-state index contributed by atoms with van der Waals surface area (Å²) >= 11 is 0. The first-order valence-corrected chi connectivity index (χ1v) is 4.58. The number of alkyl halides is 2. The Morgan fingerprint density at radius 3 is 2.59 bits per heavy atom.